The molecule has 21 heteroatoms. The Hall–Kier alpha value is -0.965. The van der Waals surface area contributed by atoms with Gasteiger partial charge < -0.3 is 69.2 Å². The fourth-order valence-electron chi connectivity index (χ4n) is 3.21. The predicted molar refractivity (Wildman–Crippen MR) is 126 cm³/mol. The minimum atomic E-state index is -2.29. The Balaban J connectivity index is -0.00000533. The van der Waals surface area contributed by atoms with E-state index in [0.717, 1.165) is 0 Å². The first-order valence-electron chi connectivity index (χ1n) is 12.2. The van der Waals surface area contributed by atoms with Crippen LogP contribution in [0.3, 0.4) is 0 Å². The second kappa shape index (κ2) is 27.4. The number of rotatable bonds is 10. The fourth-order valence-corrected chi connectivity index (χ4v) is 3.21. The Morgan fingerprint density at radius 3 is 0.953 bits per heavy atom. The summed E-state index contributed by atoms with van der Waals surface area (Å²) in [6.07, 6.45) is 0. The predicted octanol–water partition coefficient (Wildman–Crippen LogP) is -15.7. The van der Waals surface area contributed by atoms with Gasteiger partial charge in [0.05, 0.1) is 89.8 Å². The normalized spacial score (nSPS) is 16.6. The second-order valence-electron chi connectivity index (χ2n) is 8.28. The maximum absolute atomic E-state index is 12.1. The number of carboxylic acid groups (broad SMARTS) is 4. The van der Waals surface area contributed by atoms with Crippen molar-refractivity contribution in [2.75, 3.05) is 92.1 Å². The van der Waals surface area contributed by atoms with Gasteiger partial charge in [0.1, 0.15) is 12.1 Å². The molecule has 18 nitrogen and oxygen atoms in total. The van der Waals surface area contributed by atoms with Crippen molar-refractivity contribution in [2.24, 2.45) is 0 Å². The molecule has 0 spiro atoms. The number of aliphatic carboxylic acids is 4. The number of carbonyl (C=O) groups is 6. The van der Waals surface area contributed by atoms with E-state index in [9.17, 15) is 49.2 Å². The zero-order valence-electron chi connectivity index (χ0n) is 24.4. The first-order chi connectivity index (χ1) is 19.0. The van der Waals surface area contributed by atoms with Crippen molar-refractivity contribution < 1.29 is 106 Å². The average molecular weight is 630 g/mol. The largest absolute Gasteiger partial charge is 2.00 e. The maximum atomic E-state index is 12.1. The second-order valence-corrected chi connectivity index (χ2v) is 8.28. The maximum Gasteiger partial charge on any atom is 2.00 e. The third-order valence-electron chi connectivity index (χ3n) is 5.24. The van der Waals surface area contributed by atoms with Crippen LogP contribution in [0.15, 0.2) is 0 Å². The quantitative estimate of drug-likeness (QED) is 0.168. The summed E-state index contributed by atoms with van der Waals surface area (Å²) < 4.78 is 21.8. The van der Waals surface area contributed by atoms with Crippen molar-refractivity contribution in [3.8, 4) is 0 Å². The molecular weight excluding hydrogens is 598 g/mol. The fraction of sp³-hybridized carbons (Fsp3) is 0.727. The Morgan fingerprint density at radius 2 is 0.744 bits per heavy atom. The Labute approximate surface area is 301 Å². The number of nitrogens with zero attached hydrogens (tertiary/aromatic N) is 2. The molecule has 1 aliphatic heterocycles. The summed E-state index contributed by atoms with van der Waals surface area (Å²) in [5.74, 6) is -9.78. The van der Waals surface area contributed by atoms with Crippen LogP contribution in [-0.2, 0) is 47.7 Å². The van der Waals surface area contributed by atoms with Crippen molar-refractivity contribution in [1.29, 1.82) is 0 Å². The summed E-state index contributed by atoms with van der Waals surface area (Å²) in [6.45, 7) is 1.43. The van der Waals surface area contributed by atoms with E-state index >= 15 is 0 Å². The van der Waals surface area contributed by atoms with E-state index in [1.54, 1.807) is 9.80 Å². The molecule has 0 aromatic heterocycles. The molecule has 0 unspecified atom stereocenters. The molecule has 0 radical (unpaired) electrons. The number of ether oxygens (including phenoxy) is 4. The van der Waals surface area contributed by atoms with E-state index < -0.39 is 47.8 Å². The Morgan fingerprint density at radius 1 is 0.512 bits per heavy atom. The van der Waals surface area contributed by atoms with E-state index in [1.165, 1.54) is 0 Å². The van der Waals surface area contributed by atoms with E-state index in [2.05, 4.69) is 0 Å². The Bertz CT molecular complexity index is 760. The van der Waals surface area contributed by atoms with Gasteiger partial charge in [-0.3, -0.25) is 19.4 Å². The molecule has 2 amide bonds. The monoisotopic (exact) mass is 630 g/mol. The van der Waals surface area contributed by atoms with Crippen LogP contribution < -0.4 is 68.8 Å². The molecule has 1 fully saturated rings. The first-order valence-corrected chi connectivity index (χ1v) is 12.2. The molecular formula is C22H32CaLi2N4O14. The van der Waals surface area contributed by atoms with Gasteiger partial charge in [-0.05, 0) is 0 Å². The summed E-state index contributed by atoms with van der Waals surface area (Å²) in [6, 6.07) is -4.58. The summed E-state index contributed by atoms with van der Waals surface area (Å²) >= 11 is 0. The van der Waals surface area contributed by atoms with Crippen molar-refractivity contribution in [3.05, 3.63) is 0 Å². The van der Waals surface area contributed by atoms with Crippen LogP contribution in [0.25, 0.3) is 0 Å². The smallest absolute Gasteiger partial charge is 0.547 e. The summed E-state index contributed by atoms with van der Waals surface area (Å²) in [5, 5.41) is 47.0. The molecule has 43 heavy (non-hydrogen) atoms. The van der Waals surface area contributed by atoms with Crippen molar-refractivity contribution >= 4 is 73.4 Å². The molecule has 2 N–H and O–H groups in total. The van der Waals surface area contributed by atoms with Crippen molar-refractivity contribution in [3.63, 3.8) is 0 Å². The molecule has 1 heterocycles. The van der Waals surface area contributed by atoms with Gasteiger partial charge in [-0.25, -0.2) is 0 Å². The molecule has 1 aliphatic rings. The van der Waals surface area contributed by atoms with E-state index in [1.807, 2.05) is 10.6 Å². The molecule has 1 rings (SSSR count). The van der Waals surface area contributed by atoms with Crippen LogP contribution >= 0.6 is 0 Å². The number of hydrogen-bond donors (Lipinski definition) is 2. The zero-order valence-corrected chi connectivity index (χ0v) is 26.6. The number of amides is 2. The van der Waals surface area contributed by atoms with Gasteiger partial charge in [-0.1, -0.05) is 0 Å². The van der Waals surface area contributed by atoms with E-state index in [0.29, 0.717) is 0 Å². The van der Waals surface area contributed by atoms with Crippen LogP contribution in [0, 0.1) is 0 Å². The van der Waals surface area contributed by atoms with Crippen LogP contribution in [0.4, 0.5) is 0 Å². The average Bonchev–Trinajstić information content (AvgIpc) is 2.87. The van der Waals surface area contributed by atoms with Crippen molar-refractivity contribution in [2.45, 2.75) is 12.1 Å². The molecule has 0 aromatic rings. The number of nitrogens with one attached hydrogen (secondary N) is 2. The van der Waals surface area contributed by atoms with Crippen LogP contribution in [0.5, 0.6) is 0 Å². The van der Waals surface area contributed by atoms with Gasteiger partial charge in [0.15, 0.2) is 0 Å². The van der Waals surface area contributed by atoms with Crippen LogP contribution in [-0.4, -0.2) is 187 Å². The minimum absolute atomic E-state index is 0. The molecule has 1 saturated heterocycles. The number of carbonyl (C=O) groups excluding carboxylic acids is 6. The molecule has 0 aliphatic carbocycles. The SMILES string of the molecule is O=C(CN1CCOCCOCCN(CC(=O)NC(C(=O)[O-])C(=O)[O-])CCOCCOCC1)NC(C(=O)[O-])C(=O)[O-].[Ca+2].[Li+].[Li+]. The van der Waals surface area contributed by atoms with Gasteiger partial charge in [-0.2, -0.15) is 0 Å². The van der Waals surface area contributed by atoms with Gasteiger partial charge in [0.2, 0.25) is 11.8 Å². The molecule has 0 bridgehead atoms. The topological polar surface area (TPSA) is 262 Å². The first kappa shape index (κ1) is 46.5. The molecule has 0 atom stereocenters. The van der Waals surface area contributed by atoms with Gasteiger partial charge in [0.25, 0.3) is 0 Å². The summed E-state index contributed by atoms with van der Waals surface area (Å²) in [7, 11) is 0. The minimum Gasteiger partial charge on any atom is -0.547 e. The van der Waals surface area contributed by atoms with Gasteiger partial charge in [0, 0.05) is 26.2 Å². The Kier molecular flexibility index (Phi) is 29.5. The third kappa shape index (κ3) is 22.2. The van der Waals surface area contributed by atoms with E-state index in [4.69, 9.17) is 18.9 Å². The van der Waals surface area contributed by atoms with E-state index in [-0.39, 0.29) is 168 Å². The third-order valence-corrected chi connectivity index (χ3v) is 5.24. The number of hydrogen-bond acceptors (Lipinski definition) is 16. The van der Waals surface area contributed by atoms with Gasteiger partial charge in [-0.15, -0.1) is 0 Å². The van der Waals surface area contributed by atoms with Crippen molar-refractivity contribution in [1.82, 2.24) is 20.4 Å². The molecule has 228 valence electrons. The van der Waals surface area contributed by atoms with Crippen LogP contribution in [0.2, 0.25) is 0 Å². The number of carboxylic acids is 4. The van der Waals surface area contributed by atoms with Crippen LogP contribution in [0.1, 0.15) is 0 Å². The molecule has 0 saturated carbocycles. The summed E-state index contributed by atoms with van der Waals surface area (Å²) in [4.78, 5) is 70.7. The molecule has 0 aromatic carbocycles. The standard InChI is InChI=1S/C22H36N4O14.Ca.2Li/c27-15(23-17(19(29)30)20(31)32)13-25-1-5-37-9-10-39-7-3-26(4-8-40-12-11-38-6-2-25)14-16(28)24-18(21(33)34)22(35)36;;;/h17-18H,1-14H2,(H,23,27)(H,24,28)(H,29,30)(H,31,32)(H,33,34)(H,35,36);;;/q;+2;2*+1/p-4. The van der Waals surface area contributed by atoms with Gasteiger partial charge >= 0.3 is 75.5 Å². The summed E-state index contributed by atoms with van der Waals surface area (Å²) in [5.41, 5.74) is 0. The zero-order chi connectivity index (χ0) is 29.9.